The second kappa shape index (κ2) is 24.9. The van der Waals surface area contributed by atoms with Gasteiger partial charge in [-0.05, 0) is 6.42 Å². The molecular formula is C28H56O22P4. The van der Waals surface area contributed by atoms with E-state index in [1.165, 1.54) is 51.4 Å². The molecule has 54 heavy (non-hydrogen) atoms. The predicted octanol–water partition coefficient (Wildman–Crippen LogP) is 3.00. The van der Waals surface area contributed by atoms with Crippen molar-refractivity contribution in [3.8, 4) is 0 Å². The molecule has 1 fully saturated rings. The number of ether oxygens (including phenoxy) is 2. The number of phosphoric ester groups is 4. The minimum absolute atomic E-state index is 0.0349. The van der Waals surface area contributed by atoms with Crippen LogP contribution in [0, 0.1) is 0 Å². The lowest BCUT2D eigenvalue weighted by Crippen LogP contribution is -2.65. The molecule has 0 radical (unpaired) electrons. The molecule has 0 aliphatic heterocycles. The highest BCUT2D eigenvalue weighted by atomic mass is 31.2. The molecule has 0 spiro atoms. The molecule has 1 rings (SSSR count). The predicted molar refractivity (Wildman–Crippen MR) is 185 cm³/mol. The van der Waals surface area contributed by atoms with Crippen molar-refractivity contribution in [2.75, 3.05) is 13.2 Å². The number of aliphatic hydroxyl groups is 2. The molecule has 0 aromatic heterocycles. The molecule has 0 bridgehead atoms. The van der Waals surface area contributed by atoms with E-state index in [0.717, 1.165) is 39.0 Å². The Kier molecular flexibility index (Phi) is 23.7. The lowest BCUT2D eigenvalue weighted by atomic mass is 9.85. The van der Waals surface area contributed by atoms with E-state index < -0.39 is 99.2 Å². The van der Waals surface area contributed by atoms with Gasteiger partial charge in [-0.15, -0.1) is 0 Å². The summed E-state index contributed by atoms with van der Waals surface area (Å²) in [7, 11) is -22.9. The average Bonchev–Trinajstić information content (AvgIpc) is 3.03. The van der Waals surface area contributed by atoms with Crippen LogP contribution in [-0.2, 0) is 59.9 Å². The van der Waals surface area contributed by atoms with Gasteiger partial charge in [0, 0.05) is 13.3 Å². The van der Waals surface area contributed by atoms with Crippen LogP contribution in [0.4, 0.5) is 0 Å². The third kappa shape index (κ3) is 23.5. The molecule has 1 aliphatic rings. The highest BCUT2D eigenvalue weighted by Gasteiger charge is 2.59. The van der Waals surface area contributed by atoms with E-state index in [0.29, 0.717) is 6.42 Å². The Bertz CT molecular complexity index is 1260. The van der Waals surface area contributed by atoms with Crippen LogP contribution in [-0.4, -0.2) is 112 Å². The zero-order chi connectivity index (χ0) is 41.2. The van der Waals surface area contributed by atoms with Crippen LogP contribution < -0.4 is 0 Å². The van der Waals surface area contributed by atoms with Crippen LogP contribution in [0.1, 0.15) is 110 Å². The first-order valence-corrected chi connectivity index (χ1v) is 23.6. The van der Waals surface area contributed by atoms with Crippen LogP contribution in [0.25, 0.3) is 0 Å². The fraction of sp³-hybridized carbons (Fsp3) is 0.929. The van der Waals surface area contributed by atoms with Gasteiger partial charge in [0.15, 0.2) is 6.10 Å². The van der Waals surface area contributed by atoms with Crippen molar-refractivity contribution in [3.05, 3.63) is 0 Å². The first-order valence-electron chi connectivity index (χ1n) is 17.5. The third-order valence-electron chi connectivity index (χ3n) is 7.95. The summed E-state index contributed by atoms with van der Waals surface area (Å²) in [5.41, 5.74) is 0. The van der Waals surface area contributed by atoms with Gasteiger partial charge in [0.25, 0.3) is 0 Å². The van der Waals surface area contributed by atoms with Crippen LogP contribution in [0.3, 0.4) is 0 Å². The lowest BCUT2D eigenvalue weighted by molar-refractivity contribution is -0.209. The van der Waals surface area contributed by atoms with Crippen LogP contribution in [0.2, 0.25) is 0 Å². The number of hydrogen-bond donors (Lipinski definition) is 9. The van der Waals surface area contributed by atoms with E-state index in [1.807, 2.05) is 0 Å². The van der Waals surface area contributed by atoms with Crippen molar-refractivity contribution in [2.45, 2.75) is 153 Å². The Labute approximate surface area is 313 Å². The Morgan fingerprint density at radius 1 is 0.556 bits per heavy atom. The fourth-order valence-electron chi connectivity index (χ4n) is 5.55. The Morgan fingerprint density at radius 2 is 0.944 bits per heavy atom. The summed E-state index contributed by atoms with van der Waals surface area (Å²) in [6, 6.07) is 0. The molecule has 1 saturated carbocycles. The summed E-state index contributed by atoms with van der Waals surface area (Å²) >= 11 is 0. The quantitative estimate of drug-likeness (QED) is 0.0296. The molecule has 0 aromatic rings. The summed E-state index contributed by atoms with van der Waals surface area (Å²) in [4.78, 5) is 89.8. The second-order valence-corrected chi connectivity index (χ2v) is 17.7. The summed E-state index contributed by atoms with van der Waals surface area (Å²) < 4.78 is 79.8. The Hall–Kier alpha value is -0.700. The van der Waals surface area contributed by atoms with Gasteiger partial charge in [0.05, 0.1) is 6.61 Å². The maximum Gasteiger partial charge on any atom is 0.472 e. The number of rotatable bonds is 29. The number of carbonyl (C=O) groups excluding carboxylic acids is 2. The number of hydrogen-bond acceptors (Lipinski definition) is 15. The van der Waals surface area contributed by atoms with E-state index in [-0.39, 0.29) is 6.42 Å². The van der Waals surface area contributed by atoms with Gasteiger partial charge in [-0.2, -0.15) is 0 Å². The summed E-state index contributed by atoms with van der Waals surface area (Å²) in [5.74, 6) is -1.59. The molecule has 0 heterocycles. The molecule has 22 nitrogen and oxygen atoms in total. The summed E-state index contributed by atoms with van der Waals surface area (Å²) in [6.07, 6.45) is -2.21. The number of aliphatic hydroxyl groups excluding tert-OH is 2. The first kappa shape index (κ1) is 51.3. The minimum Gasteiger partial charge on any atom is -0.462 e. The van der Waals surface area contributed by atoms with Gasteiger partial charge in [0.2, 0.25) is 0 Å². The molecule has 0 amide bonds. The molecule has 1 aliphatic carbocycles. The molecule has 0 aromatic carbocycles. The average molecular weight is 869 g/mol. The van der Waals surface area contributed by atoms with Gasteiger partial charge in [-0.1, -0.05) is 90.4 Å². The second-order valence-electron chi connectivity index (χ2n) is 12.8. The van der Waals surface area contributed by atoms with E-state index in [9.17, 15) is 72.3 Å². The number of esters is 2. The number of carbonyl (C=O) groups is 2. The van der Waals surface area contributed by atoms with Gasteiger partial charge in [0.1, 0.15) is 43.2 Å². The van der Waals surface area contributed by atoms with Crippen molar-refractivity contribution < 1.29 is 104 Å². The molecule has 9 N–H and O–H groups in total. The zero-order valence-corrected chi connectivity index (χ0v) is 33.8. The van der Waals surface area contributed by atoms with Gasteiger partial charge in [-0.25, -0.2) is 18.3 Å². The SMILES string of the molecule is CCCCCCCCCCCCCCCCC(=O)OC[C@H](COP(=O)(O)OC1[C@H](O)[C@H](OP(=O)(O)O)C(OP(=O)(O)O)[C@H](OP(=O)(O)O)[C@H]1O)OC(C)=O. The number of unbranched alkanes of at least 4 members (excludes halogenated alkanes) is 13. The van der Waals surface area contributed by atoms with Crippen molar-refractivity contribution in [3.63, 3.8) is 0 Å². The monoisotopic (exact) mass is 868 g/mol. The first-order chi connectivity index (χ1) is 24.9. The Balaban J connectivity index is 2.74. The molecule has 0 saturated heterocycles. The van der Waals surface area contributed by atoms with Crippen LogP contribution in [0.15, 0.2) is 0 Å². The molecule has 3 unspecified atom stereocenters. The Morgan fingerprint density at radius 3 is 1.33 bits per heavy atom. The highest BCUT2D eigenvalue weighted by molar-refractivity contribution is 7.47. The maximum absolute atomic E-state index is 12.9. The van der Waals surface area contributed by atoms with E-state index in [1.54, 1.807) is 0 Å². The smallest absolute Gasteiger partial charge is 0.462 e. The summed E-state index contributed by atoms with van der Waals surface area (Å²) in [5, 5.41) is 21.4. The minimum atomic E-state index is -5.76. The molecule has 8 atom stereocenters. The fourth-order valence-corrected chi connectivity index (χ4v) is 8.20. The normalized spacial score (nSPS) is 24.1. The zero-order valence-electron chi connectivity index (χ0n) is 30.2. The van der Waals surface area contributed by atoms with Crippen molar-refractivity contribution in [1.82, 2.24) is 0 Å². The highest BCUT2D eigenvalue weighted by Crippen LogP contribution is 2.53. The largest absolute Gasteiger partial charge is 0.472 e. The summed E-state index contributed by atoms with van der Waals surface area (Å²) in [6.45, 7) is 1.49. The van der Waals surface area contributed by atoms with Gasteiger partial charge < -0.3 is 53.9 Å². The molecule has 320 valence electrons. The molecule has 26 heteroatoms. The number of phosphoric acid groups is 4. The van der Waals surface area contributed by atoms with E-state index in [4.69, 9.17) is 18.5 Å². The van der Waals surface area contributed by atoms with Crippen LogP contribution in [0.5, 0.6) is 0 Å². The standard InChI is InChI=1S/C28H56O22P4/c1-3-4-5-6-7-8-9-10-11-12-13-14-15-16-17-22(30)44-18-21(46-20(2)29)19-45-54(42,43)50-25-23(31)26(47-51(33,34)35)28(49-53(39,40)41)27(24(25)32)48-52(36,37)38/h21,23-28,31-32H,3-19H2,1-2H3,(H,42,43)(H2,33,34,35)(H2,36,37,38)(H2,39,40,41)/t21-,23+,24+,25?,26-,27+,28?/m1/s1. The van der Waals surface area contributed by atoms with Crippen LogP contribution >= 0.6 is 31.3 Å². The lowest BCUT2D eigenvalue weighted by Gasteiger charge is -2.45. The van der Waals surface area contributed by atoms with Gasteiger partial charge in [-0.3, -0.25) is 32.2 Å². The van der Waals surface area contributed by atoms with Gasteiger partial charge >= 0.3 is 43.2 Å². The van der Waals surface area contributed by atoms with E-state index in [2.05, 4.69) is 20.5 Å². The molecular weight excluding hydrogens is 812 g/mol. The van der Waals surface area contributed by atoms with E-state index >= 15 is 0 Å². The maximum atomic E-state index is 12.9. The third-order valence-corrected chi connectivity index (χ3v) is 10.5. The topological polar surface area (TPSA) is 349 Å². The van der Waals surface area contributed by atoms with Crippen molar-refractivity contribution in [2.24, 2.45) is 0 Å². The van der Waals surface area contributed by atoms with Crippen molar-refractivity contribution >= 4 is 43.2 Å². The van der Waals surface area contributed by atoms with Crippen molar-refractivity contribution in [1.29, 1.82) is 0 Å².